The van der Waals surface area contributed by atoms with Crippen LogP contribution in [-0.4, -0.2) is 68.8 Å². The molecule has 0 spiro atoms. The quantitative estimate of drug-likeness (QED) is 0.360. The third-order valence-electron chi connectivity index (χ3n) is 4.74. The third kappa shape index (κ3) is 5.37. The van der Waals surface area contributed by atoms with Crippen molar-refractivity contribution in [3.63, 3.8) is 0 Å². The smallest absolute Gasteiger partial charge is 0.347 e. The highest BCUT2D eigenvalue weighted by Crippen LogP contribution is 2.44. The summed E-state index contributed by atoms with van der Waals surface area (Å²) < 4.78 is 16.1. The van der Waals surface area contributed by atoms with Crippen LogP contribution in [-0.2, 0) is 33.4 Å². The second-order valence-corrected chi connectivity index (χ2v) is 10.1. The Morgan fingerprint density at radius 2 is 1.39 bits per heavy atom. The van der Waals surface area contributed by atoms with Gasteiger partial charge in [0.25, 0.3) is 5.54 Å². The van der Waals surface area contributed by atoms with Gasteiger partial charge in [0.05, 0.1) is 18.6 Å². The van der Waals surface area contributed by atoms with Gasteiger partial charge in [-0.3, -0.25) is 4.79 Å². The molecule has 1 rings (SSSR count). The lowest BCUT2D eigenvalue weighted by Crippen LogP contribution is -2.72. The maximum absolute atomic E-state index is 13.4. The molecule has 1 amide bonds. The van der Waals surface area contributed by atoms with Crippen LogP contribution in [0.1, 0.15) is 75.7 Å². The van der Waals surface area contributed by atoms with Crippen LogP contribution in [0.25, 0.3) is 0 Å². The highest BCUT2D eigenvalue weighted by atomic mass is 16.6. The van der Waals surface area contributed by atoms with E-state index in [0.29, 0.717) is 0 Å². The summed E-state index contributed by atoms with van der Waals surface area (Å²) in [7, 11) is 0. The summed E-state index contributed by atoms with van der Waals surface area (Å²) in [4.78, 5) is 53.8. The minimum atomic E-state index is -2.57. The maximum Gasteiger partial charge on any atom is 0.347 e. The minimum Gasteiger partial charge on any atom is -0.461 e. The number of esters is 3. The molecule has 1 unspecified atom stereocenters. The fourth-order valence-corrected chi connectivity index (χ4v) is 3.67. The molecule has 0 aliphatic carbocycles. The zero-order valence-electron chi connectivity index (χ0n) is 20.3. The van der Waals surface area contributed by atoms with E-state index in [1.807, 2.05) is 0 Å². The fraction of sp³-hybridized carbons (Fsp3) is 0.818. The first-order valence-corrected chi connectivity index (χ1v) is 10.6. The maximum atomic E-state index is 13.4. The number of nitrogens with zero attached hydrogens (tertiary/aromatic N) is 1. The number of amides is 1. The number of hydrogen-bond acceptors (Lipinski definition) is 8. The van der Waals surface area contributed by atoms with E-state index in [-0.39, 0.29) is 0 Å². The Morgan fingerprint density at radius 1 is 0.968 bits per heavy atom. The van der Waals surface area contributed by atoms with Crippen LogP contribution in [0.4, 0.5) is 0 Å². The summed E-state index contributed by atoms with van der Waals surface area (Å²) in [6, 6.07) is -1.33. The Labute approximate surface area is 184 Å². The van der Waals surface area contributed by atoms with E-state index in [2.05, 4.69) is 0 Å². The molecule has 0 aromatic heterocycles. The second kappa shape index (κ2) is 9.14. The van der Waals surface area contributed by atoms with E-state index >= 15 is 0 Å². The zero-order chi connectivity index (χ0) is 24.5. The van der Waals surface area contributed by atoms with Crippen LogP contribution in [0.15, 0.2) is 0 Å². The molecule has 2 atom stereocenters. The van der Waals surface area contributed by atoms with E-state index in [0.717, 1.165) is 4.90 Å². The number of carbonyl (C=O) groups excluding carboxylic acids is 4. The first-order chi connectivity index (χ1) is 13.9. The summed E-state index contributed by atoms with van der Waals surface area (Å²) in [5, 5.41) is 11.2. The molecule has 0 aromatic carbocycles. The van der Waals surface area contributed by atoms with Gasteiger partial charge in [0.2, 0.25) is 5.91 Å². The molecule has 31 heavy (non-hydrogen) atoms. The largest absolute Gasteiger partial charge is 0.461 e. The fourth-order valence-electron chi connectivity index (χ4n) is 3.67. The molecular weight excluding hydrogens is 406 g/mol. The van der Waals surface area contributed by atoms with Crippen LogP contribution in [0.2, 0.25) is 0 Å². The van der Waals surface area contributed by atoms with Gasteiger partial charge in [-0.25, -0.2) is 14.4 Å². The molecule has 9 nitrogen and oxygen atoms in total. The predicted octanol–water partition coefficient (Wildman–Crippen LogP) is 1.98. The average Bonchev–Trinajstić information content (AvgIpc) is 2.70. The van der Waals surface area contributed by atoms with Crippen molar-refractivity contribution in [2.75, 3.05) is 0 Å². The van der Waals surface area contributed by atoms with E-state index in [1.54, 1.807) is 62.3 Å². The molecule has 0 bridgehead atoms. The number of aliphatic hydroxyl groups is 1. The Kier molecular flexibility index (Phi) is 7.92. The van der Waals surface area contributed by atoms with E-state index < -0.39 is 71.1 Å². The van der Waals surface area contributed by atoms with Gasteiger partial charge in [0.15, 0.2) is 0 Å². The molecule has 9 heteroatoms. The van der Waals surface area contributed by atoms with Crippen LogP contribution < -0.4 is 0 Å². The summed E-state index contributed by atoms with van der Waals surface area (Å²) in [5.41, 5.74) is -5.63. The molecule has 0 radical (unpaired) electrons. The Morgan fingerprint density at radius 3 is 1.71 bits per heavy atom. The highest BCUT2D eigenvalue weighted by Gasteiger charge is 2.74. The second-order valence-electron chi connectivity index (χ2n) is 10.1. The van der Waals surface area contributed by atoms with Gasteiger partial charge in [-0.05, 0) is 61.3 Å². The number of rotatable bonds is 7. The first-order valence-electron chi connectivity index (χ1n) is 10.6. The molecule has 1 saturated heterocycles. The molecule has 1 aliphatic heterocycles. The number of hydrogen-bond donors (Lipinski definition) is 1. The van der Waals surface area contributed by atoms with Crippen molar-refractivity contribution in [2.24, 2.45) is 5.92 Å². The Bertz CT molecular complexity index is 696. The molecule has 0 aromatic rings. The van der Waals surface area contributed by atoms with Gasteiger partial charge in [-0.2, -0.15) is 0 Å². The standard InChI is InChI=1S/C22H37NO8/c1-12(2)16(17(25)31-20(7,8)9)23-15(24)11-21(10,28)22(23,18(26)29-13(3)4)19(27)30-14(5)6/h12-14,16,28H,11H2,1-10H3/t16-,21?/m1/s1. The molecular formula is C22H37NO8. The normalized spacial score (nSPS) is 22.1. The van der Waals surface area contributed by atoms with E-state index in [1.165, 1.54) is 6.92 Å². The van der Waals surface area contributed by atoms with E-state index in [4.69, 9.17) is 14.2 Å². The molecule has 1 aliphatic rings. The summed E-state index contributed by atoms with van der Waals surface area (Å²) >= 11 is 0. The average molecular weight is 444 g/mol. The first kappa shape index (κ1) is 26.9. The Balaban J connectivity index is 3.81. The van der Waals surface area contributed by atoms with Gasteiger partial charge >= 0.3 is 17.9 Å². The zero-order valence-corrected chi connectivity index (χ0v) is 20.3. The van der Waals surface area contributed by atoms with Crippen molar-refractivity contribution in [2.45, 2.75) is 111 Å². The lowest BCUT2D eigenvalue weighted by Gasteiger charge is -2.44. The summed E-state index contributed by atoms with van der Waals surface area (Å²) in [5.74, 6) is -4.41. The van der Waals surface area contributed by atoms with Crippen LogP contribution >= 0.6 is 0 Å². The number of ether oxygens (including phenoxy) is 3. The molecule has 1 N–H and O–H groups in total. The molecule has 0 saturated carbocycles. The lowest BCUT2D eigenvalue weighted by atomic mass is 9.80. The molecule has 1 fully saturated rings. The van der Waals surface area contributed by atoms with Crippen LogP contribution in [0.3, 0.4) is 0 Å². The highest BCUT2D eigenvalue weighted by molar-refractivity contribution is 6.13. The third-order valence-corrected chi connectivity index (χ3v) is 4.74. The van der Waals surface area contributed by atoms with Crippen molar-refractivity contribution in [1.29, 1.82) is 0 Å². The van der Waals surface area contributed by atoms with Crippen molar-refractivity contribution < 1.29 is 38.5 Å². The lowest BCUT2D eigenvalue weighted by molar-refractivity contribution is -0.199. The van der Waals surface area contributed by atoms with Gasteiger partial charge in [-0.1, -0.05) is 13.8 Å². The van der Waals surface area contributed by atoms with Gasteiger partial charge in [0.1, 0.15) is 17.2 Å². The van der Waals surface area contributed by atoms with Crippen LogP contribution in [0, 0.1) is 5.92 Å². The van der Waals surface area contributed by atoms with Crippen molar-refractivity contribution in [1.82, 2.24) is 4.90 Å². The number of carbonyl (C=O) groups is 4. The minimum absolute atomic E-state index is 0.550. The SMILES string of the molecule is CC(C)OC(=O)C1(C(=O)OC(C)C)N([C@@H](C(=O)OC(C)(C)C)C(C)C)C(=O)CC1(C)O. The van der Waals surface area contributed by atoms with Gasteiger partial charge in [0, 0.05) is 0 Å². The van der Waals surface area contributed by atoms with Crippen molar-refractivity contribution >= 4 is 23.8 Å². The number of likely N-dealkylation sites (tertiary alicyclic amines) is 1. The van der Waals surface area contributed by atoms with Gasteiger partial charge < -0.3 is 24.2 Å². The monoisotopic (exact) mass is 443 g/mol. The Hall–Kier alpha value is -2.16. The van der Waals surface area contributed by atoms with Crippen molar-refractivity contribution in [3.8, 4) is 0 Å². The summed E-state index contributed by atoms with van der Waals surface area (Å²) in [6.45, 7) is 15.8. The summed E-state index contributed by atoms with van der Waals surface area (Å²) in [6.07, 6.45) is -1.87. The molecule has 1 heterocycles. The molecule has 178 valence electrons. The van der Waals surface area contributed by atoms with Gasteiger partial charge in [-0.15, -0.1) is 0 Å². The topological polar surface area (TPSA) is 119 Å². The predicted molar refractivity (Wildman–Crippen MR) is 112 cm³/mol. The van der Waals surface area contributed by atoms with Crippen LogP contribution in [0.5, 0.6) is 0 Å². The van der Waals surface area contributed by atoms with Crippen molar-refractivity contribution in [3.05, 3.63) is 0 Å². The van der Waals surface area contributed by atoms with E-state index in [9.17, 15) is 24.3 Å².